The van der Waals surface area contributed by atoms with Crippen molar-refractivity contribution < 1.29 is 23.5 Å². The third-order valence-electron chi connectivity index (χ3n) is 5.06. The van der Waals surface area contributed by atoms with Crippen molar-refractivity contribution >= 4 is 22.8 Å². The third kappa shape index (κ3) is 4.60. The molecule has 0 unspecified atom stereocenters. The molecule has 1 aromatic heterocycles. The molecule has 156 valence electrons. The van der Waals surface area contributed by atoms with Crippen LogP contribution in [0.15, 0.2) is 27.4 Å². The lowest BCUT2D eigenvalue weighted by atomic mass is 10.1. The fourth-order valence-corrected chi connectivity index (χ4v) is 3.93. The maximum atomic E-state index is 12.2. The summed E-state index contributed by atoms with van der Waals surface area (Å²) in [6.07, 6.45) is 2.57. The van der Waals surface area contributed by atoms with Gasteiger partial charge in [-0.3, -0.25) is 4.79 Å². The number of hydrogen-bond donors (Lipinski definition) is 0. The van der Waals surface area contributed by atoms with Crippen LogP contribution in [-0.2, 0) is 27.2 Å². The molecule has 0 atom stereocenters. The number of hydrogen-bond acceptors (Lipinski definition) is 6. The first-order valence-corrected chi connectivity index (χ1v) is 9.96. The fraction of sp³-hybridized carbons (Fsp3) is 0.500. The van der Waals surface area contributed by atoms with Gasteiger partial charge in [0.1, 0.15) is 11.3 Å². The Bertz CT molecular complexity index is 967. The SMILES string of the molecule is CC(C)N(C(=O)COC(=O)COc1ccc2c3c(c(=O)oc2c1)CCC3)C(C)C. The van der Waals surface area contributed by atoms with Gasteiger partial charge >= 0.3 is 11.6 Å². The Morgan fingerprint density at radius 2 is 1.76 bits per heavy atom. The number of fused-ring (bicyclic) bond motifs is 3. The van der Waals surface area contributed by atoms with E-state index in [0.29, 0.717) is 11.3 Å². The molecule has 1 aliphatic carbocycles. The van der Waals surface area contributed by atoms with Crippen LogP contribution in [0.25, 0.3) is 11.0 Å². The summed E-state index contributed by atoms with van der Waals surface area (Å²) in [4.78, 5) is 38.0. The number of nitrogens with zero attached hydrogens (tertiary/aromatic N) is 1. The average Bonchev–Trinajstić information content (AvgIpc) is 3.14. The van der Waals surface area contributed by atoms with E-state index in [4.69, 9.17) is 13.9 Å². The van der Waals surface area contributed by atoms with Crippen molar-refractivity contribution in [3.05, 3.63) is 39.7 Å². The van der Waals surface area contributed by atoms with Gasteiger partial charge in [-0.15, -0.1) is 0 Å². The van der Waals surface area contributed by atoms with Crippen molar-refractivity contribution in [1.82, 2.24) is 4.90 Å². The molecule has 1 aliphatic rings. The van der Waals surface area contributed by atoms with E-state index in [9.17, 15) is 14.4 Å². The minimum absolute atomic E-state index is 0.0196. The minimum Gasteiger partial charge on any atom is -0.482 e. The van der Waals surface area contributed by atoms with Crippen LogP contribution >= 0.6 is 0 Å². The van der Waals surface area contributed by atoms with Crippen LogP contribution < -0.4 is 10.4 Å². The highest BCUT2D eigenvalue weighted by Crippen LogP contribution is 2.29. The Morgan fingerprint density at radius 3 is 2.45 bits per heavy atom. The highest BCUT2D eigenvalue weighted by atomic mass is 16.6. The van der Waals surface area contributed by atoms with E-state index in [2.05, 4.69) is 0 Å². The zero-order chi connectivity index (χ0) is 21.1. The molecule has 0 spiro atoms. The van der Waals surface area contributed by atoms with Gasteiger partial charge in [-0.1, -0.05) is 0 Å². The van der Waals surface area contributed by atoms with Crippen LogP contribution in [-0.4, -0.2) is 42.1 Å². The lowest BCUT2D eigenvalue weighted by Gasteiger charge is -2.30. The molecule has 0 bridgehead atoms. The van der Waals surface area contributed by atoms with Crippen molar-refractivity contribution in [2.45, 2.75) is 59.0 Å². The molecule has 0 aliphatic heterocycles. The van der Waals surface area contributed by atoms with Gasteiger partial charge in [-0.05, 0) is 64.7 Å². The Balaban J connectivity index is 1.59. The first-order chi connectivity index (χ1) is 13.8. The second-order valence-electron chi connectivity index (χ2n) is 7.80. The number of amides is 1. The Hall–Kier alpha value is -2.83. The number of esters is 1. The van der Waals surface area contributed by atoms with E-state index in [-0.39, 0.29) is 36.8 Å². The van der Waals surface area contributed by atoms with Crippen molar-refractivity contribution in [2.24, 2.45) is 0 Å². The molecule has 7 nitrogen and oxygen atoms in total. The molecule has 0 radical (unpaired) electrons. The van der Waals surface area contributed by atoms with E-state index in [1.165, 1.54) is 0 Å². The molecule has 29 heavy (non-hydrogen) atoms. The van der Waals surface area contributed by atoms with Crippen LogP contribution in [0.3, 0.4) is 0 Å². The second-order valence-corrected chi connectivity index (χ2v) is 7.80. The quantitative estimate of drug-likeness (QED) is 0.524. The number of ether oxygens (including phenoxy) is 2. The molecule has 1 amide bonds. The summed E-state index contributed by atoms with van der Waals surface area (Å²) in [5, 5.41) is 0.903. The standard InChI is InChI=1S/C22H27NO6/c1-13(2)23(14(3)4)20(24)11-28-21(25)12-27-15-8-9-17-16-6-5-7-18(16)22(26)29-19(17)10-15/h8-10,13-14H,5-7,11-12H2,1-4H3. The highest BCUT2D eigenvalue weighted by molar-refractivity contribution is 5.83. The molecule has 0 saturated heterocycles. The van der Waals surface area contributed by atoms with Crippen molar-refractivity contribution in [3.63, 3.8) is 0 Å². The minimum atomic E-state index is -0.638. The summed E-state index contributed by atoms with van der Waals surface area (Å²) in [7, 11) is 0. The molecule has 2 aromatic rings. The summed E-state index contributed by atoms with van der Waals surface area (Å²) in [5.41, 5.74) is 1.94. The molecule has 7 heteroatoms. The first kappa shape index (κ1) is 20.9. The maximum Gasteiger partial charge on any atom is 0.344 e. The van der Waals surface area contributed by atoms with Gasteiger partial charge in [0.15, 0.2) is 13.2 Å². The zero-order valence-corrected chi connectivity index (χ0v) is 17.3. The normalized spacial score (nSPS) is 13.0. The molecule has 0 saturated carbocycles. The van der Waals surface area contributed by atoms with E-state index < -0.39 is 5.97 Å². The van der Waals surface area contributed by atoms with Crippen LogP contribution in [0.5, 0.6) is 5.75 Å². The average molecular weight is 401 g/mol. The van der Waals surface area contributed by atoms with Crippen LogP contribution in [0, 0.1) is 0 Å². The molecule has 1 heterocycles. The molecule has 0 N–H and O–H groups in total. The summed E-state index contributed by atoms with van der Waals surface area (Å²) >= 11 is 0. The summed E-state index contributed by atoms with van der Waals surface area (Å²) in [5.74, 6) is -0.487. The van der Waals surface area contributed by atoms with E-state index in [1.807, 2.05) is 33.8 Å². The lowest BCUT2D eigenvalue weighted by Crippen LogP contribution is -2.44. The largest absolute Gasteiger partial charge is 0.482 e. The van der Waals surface area contributed by atoms with Gasteiger partial charge in [0.2, 0.25) is 0 Å². The van der Waals surface area contributed by atoms with Crippen LogP contribution in [0.2, 0.25) is 0 Å². The van der Waals surface area contributed by atoms with E-state index in [0.717, 1.165) is 35.8 Å². The summed E-state index contributed by atoms with van der Waals surface area (Å²) in [6.45, 7) is 6.99. The predicted molar refractivity (Wildman–Crippen MR) is 108 cm³/mol. The monoisotopic (exact) mass is 401 g/mol. The zero-order valence-electron chi connectivity index (χ0n) is 17.3. The Labute approximate surface area is 169 Å². The predicted octanol–water partition coefficient (Wildman–Crippen LogP) is 2.85. The number of benzene rings is 1. The topological polar surface area (TPSA) is 86.0 Å². The molecule has 0 fully saturated rings. The Kier molecular flexibility index (Phi) is 6.25. The first-order valence-electron chi connectivity index (χ1n) is 9.96. The summed E-state index contributed by atoms with van der Waals surface area (Å²) < 4.78 is 15.9. The molecule has 3 rings (SSSR count). The van der Waals surface area contributed by atoms with Gasteiger partial charge in [-0.2, -0.15) is 0 Å². The fourth-order valence-electron chi connectivity index (χ4n) is 3.93. The smallest absolute Gasteiger partial charge is 0.344 e. The van der Waals surface area contributed by atoms with Crippen molar-refractivity contribution in [1.29, 1.82) is 0 Å². The van der Waals surface area contributed by atoms with E-state index in [1.54, 1.807) is 17.0 Å². The van der Waals surface area contributed by atoms with Crippen molar-refractivity contribution in [2.75, 3.05) is 13.2 Å². The van der Waals surface area contributed by atoms with E-state index >= 15 is 0 Å². The van der Waals surface area contributed by atoms with Crippen molar-refractivity contribution in [3.8, 4) is 5.75 Å². The number of carbonyl (C=O) groups excluding carboxylic acids is 2. The molecular formula is C22H27NO6. The summed E-state index contributed by atoms with van der Waals surface area (Å²) in [6, 6.07) is 5.22. The maximum absolute atomic E-state index is 12.2. The van der Waals surface area contributed by atoms with Crippen LogP contribution in [0.4, 0.5) is 0 Å². The number of rotatable bonds is 7. The number of carbonyl (C=O) groups is 2. The van der Waals surface area contributed by atoms with Gasteiger partial charge in [0, 0.05) is 29.1 Å². The lowest BCUT2D eigenvalue weighted by molar-refractivity contribution is -0.155. The van der Waals surface area contributed by atoms with Gasteiger partial charge in [0.25, 0.3) is 5.91 Å². The molecular weight excluding hydrogens is 374 g/mol. The second kappa shape index (κ2) is 8.68. The Morgan fingerprint density at radius 1 is 1.07 bits per heavy atom. The highest BCUT2D eigenvalue weighted by Gasteiger charge is 2.22. The van der Waals surface area contributed by atoms with Gasteiger partial charge < -0.3 is 18.8 Å². The van der Waals surface area contributed by atoms with Crippen LogP contribution in [0.1, 0.15) is 45.2 Å². The number of aryl methyl sites for hydroxylation is 1. The third-order valence-corrected chi connectivity index (χ3v) is 5.06. The van der Waals surface area contributed by atoms with Gasteiger partial charge in [0.05, 0.1) is 0 Å². The molecule has 1 aromatic carbocycles. The van der Waals surface area contributed by atoms with Gasteiger partial charge in [-0.25, -0.2) is 9.59 Å².